The molecule has 9 nitrogen and oxygen atoms in total. The van der Waals surface area contributed by atoms with Crippen molar-refractivity contribution in [1.29, 1.82) is 0 Å². The van der Waals surface area contributed by atoms with Gasteiger partial charge in [-0.1, -0.05) is 80.3 Å². The number of ether oxygens (including phenoxy) is 1. The van der Waals surface area contributed by atoms with E-state index in [1.54, 1.807) is 42.5 Å². The van der Waals surface area contributed by atoms with Crippen LogP contribution in [0, 0.1) is 0 Å². The molecule has 1 fully saturated rings. The Bertz CT molecular complexity index is 1650. The van der Waals surface area contributed by atoms with E-state index in [-0.39, 0.29) is 38.1 Å². The first-order valence-electron chi connectivity index (χ1n) is 14.2. The lowest BCUT2D eigenvalue weighted by molar-refractivity contribution is -0.123. The fourth-order valence-electron chi connectivity index (χ4n) is 4.97. The molecule has 2 aliphatic rings. The second kappa shape index (κ2) is 12.2. The van der Waals surface area contributed by atoms with Gasteiger partial charge in [-0.2, -0.15) is 8.42 Å². The Balaban J connectivity index is 1.34. The van der Waals surface area contributed by atoms with Crippen molar-refractivity contribution in [3.8, 4) is 5.75 Å². The summed E-state index contributed by atoms with van der Waals surface area (Å²) in [6, 6.07) is 22.1. The highest BCUT2D eigenvalue weighted by Crippen LogP contribution is 2.36. The maximum absolute atomic E-state index is 13.5. The van der Waals surface area contributed by atoms with Gasteiger partial charge in [-0.15, -0.1) is 0 Å². The van der Waals surface area contributed by atoms with Crippen molar-refractivity contribution in [2.45, 2.75) is 38.7 Å². The summed E-state index contributed by atoms with van der Waals surface area (Å²) in [5.41, 5.74) is 2.78. The summed E-state index contributed by atoms with van der Waals surface area (Å²) in [5.74, 6) is -0.718. The zero-order valence-electron chi connectivity index (χ0n) is 24.5. The van der Waals surface area contributed by atoms with E-state index in [9.17, 15) is 22.8 Å². The Morgan fingerprint density at radius 2 is 1.51 bits per heavy atom. The molecule has 0 saturated carbocycles. The molecular formula is C32H35N3O6SSi. The number of amides is 3. The Labute approximate surface area is 253 Å². The Morgan fingerprint density at radius 1 is 0.860 bits per heavy atom. The monoisotopic (exact) mass is 617 g/mol. The summed E-state index contributed by atoms with van der Waals surface area (Å²) in [4.78, 5) is 39.4. The third-order valence-electron chi connectivity index (χ3n) is 7.38. The number of fused-ring (bicyclic) bond motifs is 1. The number of hydrogen-bond acceptors (Lipinski definition) is 6. The van der Waals surface area contributed by atoms with Crippen molar-refractivity contribution in [3.63, 3.8) is 0 Å². The highest BCUT2D eigenvalue weighted by atomic mass is 32.2. The Kier molecular flexibility index (Phi) is 8.56. The summed E-state index contributed by atoms with van der Waals surface area (Å²) in [7, 11) is -5.65. The second-order valence-corrected chi connectivity index (χ2v) is 19.2. The normalized spacial score (nSPS) is 16.4. The van der Waals surface area contributed by atoms with Gasteiger partial charge in [0.15, 0.2) is 0 Å². The summed E-state index contributed by atoms with van der Waals surface area (Å²) >= 11 is 0. The number of benzene rings is 3. The molecule has 0 radical (unpaired) electrons. The molecule has 0 unspecified atom stereocenters. The number of rotatable bonds is 11. The van der Waals surface area contributed by atoms with E-state index in [0.717, 1.165) is 19.7 Å². The van der Waals surface area contributed by atoms with Crippen molar-refractivity contribution in [1.82, 2.24) is 9.21 Å². The molecule has 1 saturated heterocycles. The number of hydrogen-bond donors (Lipinski definition) is 0. The first-order chi connectivity index (χ1) is 20.5. The summed E-state index contributed by atoms with van der Waals surface area (Å²) < 4.78 is 35.3. The van der Waals surface area contributed by atoms with Crippen LogP contribution in [-0.2, 0) is 21.6 Å². The SMILES string of the molecule is C[Si](C)(C)CCN1C(=O)CN(c2ccc(/C=C/CCN3C(=O)c4ccccc4C3=O)cc2OCc2ccccc2)S1(=O)=O. The minimum absolute atomic E-state index is 0.168. The maximum Gasteiger partial charge on any atom is 0.329 e. The van der Waals surface area contributed by atoms with Crippen LogP contribution >= 0.6 is 0 Å². The average molecular weight is 618 g/mol. The zero-order chi connectivity index (χ0) is 30.8. The van der Waals surface area contributed by atoms with E-state index in [1.807, 2.05) is 42.5 Å². The fraction of sp³-hybridized carbons (Fsp3) is 0.281. The molecule has 0 bridgehead atoms. The maximum atomic E-state index is 13.5. The molecule has 11 heteroatoms. The van der Waals surface area contributed by atoms with Crippen LogP contribution in [0.25, 0.3) is 6.08 Å². The number of carbonyl (C=O) groups excluding carboxylic acids is 3. The number of nitrogens with zero attached hydrogens (tertiary/aromatic N) is 3. The van der Waals surface area contributed by atoms with Gasteiger partial charge < -0.3 is 4.74 Å². The fourth-order valence-corrected chi connectivity index (χ4v) is 7.58. The van der Waals surface area contributed by atoms with Crippen LogP contribution in [-0.4, -0.2) is 63.1 Å². The third kappa shape index (κ3) is 6.57. The molecule has 2 heterocycles. The lowest BCUT2D eigenvalue weighted by atomic mass is 10.1. The molecule has 0 spiro atoms. The minimum atomic E-state index is -4.06. The van der Waals surface area contributed by atoms with E-state index in [0.29, 0.717) is 35.0 Å². The van der Waals surface area contributed by atoms with Crippen LogP contribution in [0.3, 0.4) is 0 Å². The highest BCUT2D eigenvalue weighted by Gasteiger charge is 2.44. The minimum Gasteiger partial charge on any atom is -0.487 e. The van der Waals surface area contributed by atoms with Gasteiger partial charge in [-0.3, -0.25) is 19.3 Å². The van der Waals surface area contributed by atoms with E-state index < -0.39 is 24.2 Å². The molecule has 0 aliphatic carbocycles. The first kappa shape index (κ1) is 30.2. The zero-order valence-corrected chi connectivity index (χ0v) is 26.3. The Hall–Kier alpha value is -4.22. The molecule has 2 aliphatic heterocycles. The standard InChI is InChI=1S/C32H35N3O6SSi/c1-43(2,3)20-19-34-30(36)22-35(42(34,39)40)28-17-16-24(21-29(28)41-23-25-12-5-4-6-13-25)11-9-10-18-33-31(37)26-14-7-8-15-27(26)32(33)38/h4-9,11-17,21H,10,18-20,22-23H2,1-3H3/b11-9+. The van der Waals surface area contributed by atoms with Crippen LogP contribution in [0.1, 0.15) is 38.3 Å². The quantitative estimate of drug-likeness (QED) is 0.217. The first-order valence-corrected chi connectivity index (χ1v) is 19.3. The topological polar surface area (TPSA) is 104 Å². The van der Waals surface area contributed by atoms with Crippen molar-refractivity contribution >= 4 is 47.8 Å². The van der Waals surface area contributed by atoms with Crippen LogP contribution in [0.15, 0.2) is 78.9 Å². The van der Waals surface area contributed by atoms with Gasteiger partial charge in [0.05, 0.1) is 16.8 Å². The molecule has 5 rings (SSSR count). The van der Waals surface area contributed by atoms with Crippen LogP contribution in [0.5, 0.6) is 5.75 Å². The molecule has 3 aromatic rings. The van der Waals surface area contributed by atoms with Gasteiger partial charge >= 0.3 is 10.2 Å². The Morgan fingerprint density at radius 3 is 2.16 bits per heavy atom. The predicted molar refractivity (Wildman–Crippen MR) is 169 cm³/mol. The van der Waals surface area contributed by atoms with Crippen molar-refractivity contribution in [3.05, 3.63) is 101 Å². The molecule has 224 valence electrons. The summed E-state index contributed by atoms with van der Waals surface area (Å²) in [6.07, 6.45) is 4.13. The van der Waals surface area contributed by atoms with Gasteiger partial charge in [-0.05, 0) is 47.9 Å². The summed E-state index contributed by atoms with van der Waals surface area (Å²) in [5, 5.41) is 0. The van der Waals surface area contributed by atoms with E-state index >= 15 is 0 Å². The number of anilines is 1. The molecule has 0 aromatic heterocycles. The van der Waals surface area contributed by atoms with Gasteiger partial charge in [0.1, 0.15) is 18.9 Å². The largest absolute Gasteiger partial charge is 0.487 e. The predicted octanol–water partition coefficient (Wildman–Crippen LogP) is 5.20. The number of imide groups is 1. The third-order valence-corrected chi connectivity index (χ3v) is 10.9. The second-order valence-electron chi connectivity index (χ2n) is 11.8. The molecule has 0 atom stereocenters. The van der Waals surface area contributed by atoms with Gasteiger partial charge in [0.2, 0.25) is 0 Å². The van der Waals surface area contributed by atoms with E-state index in [1.165, 1.54) is 4.90 Å². The van der Waals surface area contributed by atoms with Crippen molar-refractivity contribution < 1.29 is 27.5 Å². The molecule has 0 N–H and O–H groups in total. The van der Waals surface area contributed by atoms with Gasteiger partial charge in [0.25, 0.3) is 17.7 Å². The lowest BCUT2D eigenvalue weighted by Crippen LogP contribution is -2.37. The number of carbonyl (C=O) groups is 3. The molecule has 3 aromatic carbocycles. The van der Waals surface area contributed by atoms with Gasteiger partial charge in [-0.25, -0.2) is 8.61 Å². The van der Waals surface area contributed by atoms with E-state index in [2.05, 4.69) is 19.6 Å². The molecular weight excluding hydrogens is 583 g/mol. The highest BCUT2D eigenvalue weighted by molar-refractivity contribution is 7.91. The van der Waals surface area contributed by atoms with Crippen LogP contribution in [0.4, 0.5) is 5.69 Å². The van der Waals surface area contributed by atoms with Crippen LogP contribution < -0.4 is 9.04 Å². The van der Waals surface area contributed by atoms with E-state index in [4.69, 9.17) is 4.74 Å². The average Bonchev–Trinajstić information content (AvgIpc) is 3.35. The lowest BCUT2D eigenvalue weighted by Gasteiger charge is -2.24. The van der Waals surface area contributed by atoms with Crippen molar-refractivity contribution in [2.24, 2.45) is 0 Å². The van der Waals surface area contributed by atoms with Crippen LogP contribution in [0.2, 0.25) is 25.7 Å². The smallest absolute Gasteiger partial charge is 0.329 e. The van der Waals surface area contributed by atoms with Gasteiger partial charge in [0, 0.05) is 21.2 Å². The summed E-state index contributed by atoms with van der Waals surface area (Å²) in [6.45, 7) is 6.74. The van der Waals surface area contributed by atoms with Crippen molar-refractivity contribution in [2.75, 3.05) is 23.9 Å². The molecule has 3 amide bonds. The molecule has 43 heavy (non-hydrogen) atoms.